The van der Waals surface area contributed by atoms with Gasteiger partial charge in [-0.05, 0) is 55.2 Å². The van der Waals surface area contributed by atoms with Crippen LogP contribution in [-0.2, 0) is 0 Å². The van der Waals surface area contributed by atoms with Crippen molar-refractivity contribution >= 4 is 11.5 Å². The standard InChI is InChI=1S/C19H21NO/c1-12-8-14(3)17(9-13(12)2)19(21)10-15-11-20-18-7-5-4-6-16(15)18/h4-9,15,20H,10-11H2,1-3H3. The van der Waals surface area contributed by atoms with Gasteiger partial charge in [0.05, 0.1) is 0 Å². The Morgan fingerprint density at radius 2 is 1.81 bits per heavy atom. The van der Waals surface area contributed by atoms with Gasteiger partial charge in [-0.3, -0.25) is 4.79 Å². The molecule has 1 unspecified atom stereocenters. The molecule has 1 N–H and O–H groups in total. The molecule has 0 aliphatic carbocycles. The van der Waals surface area contributed by atoms with Crippen molar-refractivity contribution in [2.45, 2.75) is 33.1 Å². The molecule has 2 nitrogen and oxygen atoms in total. The highest BCUT2D eigenvalue weighted by Gasteiger charge is 2.25. The van der Waals surface area contributed by atoms with Crippen LogP contribution in [0.3, 0.4) is 0 Å². The van der Waals surface area contributed by atoms with Gasteiger partial charge in [0.15, 0.2) is 5.78 Å². The fourth-order valence-electron chi connectivity index (χ4n) is 3.13. The molecule has 0 aromatic heterocycles. The fourth-order valence-corrected chi connectivity index (χ4v) is 3.13. The average molecular weight is 279 g/mol. The van der Waals surface area contributed by atoms with Gasteiger partial charge in [-0.15, -0.1) is 0 Å². The van der Waals surface area contributed by atoms with Crippen LogP contribution in [0.25, 0.3) is 0 Å². The lowest BCUT2D eigenvalue weighted by Gasteiger charge is -2.12. The Labute approximate surface area is 126 Å². The monoisotopic (exact) mass is 279 g/mol. The number of carbonyl (C=O) groups excluding carboxylic acids is 1. The van der Waals surface area contributed by atoms with E-state index in [4.69, 9.17) is 0 Å². The third-order valence-corrected chi connectivity index (χ3v) is 4.51. The third kappa shape index (κ3) is 2.58. The van der Waals surface area contributed by atoms with E-state index in [2.05, 4.69) is 37.4 Å². The van der Waals surface area contributed by atoms with Gasteiger partial charge in [-0.1, -0.05) is 24.3 Å². The number of ketones is 1. The predicted molar refractivity (Wildman–Crippen MR) is 87.3 cm³/mol. The maximum atomic E-state index is 12.7. The summed E-state index contributed by atoms with van der Waals surface area (Å²) in [5.74, 6) is 0.536. The van der Waals surface area contributed by atoms with E-state index in [0.717, 1.165) is 17.7 Å². The first-order valence-electron chi connectivity index (χ1n) is 7.50. The normalized spacial score (nSPS) is 16.4. The van der Waals surface area contributed by atoms with Gasteiger partial charge in [-0.25, -0.2) is 0 Å². The van der Waals surface area contributed by atoms with Gasteiger partial charge in [0, 0.05) is 30.1 Å². The number of aryl methyl sites for hydroxylation is 3. The Kier molecular flexibility index (Phi) is 3.54. The van der Waals surface area contributed by atoms with E-state index in [1.165, 1.54) is 22.4 Å². The van der Waals surface area contributed by atoms with Gasteiger partial charge < -0.3 is 5.32 Å². The molecule has 0 bridgehead atoms. The number of carbonyl (C=O) groups is 1. The zero-order valence-corrected chi connectivity index (χ0v) is 12.9. The number of benzene rings is 2. The first-order valence-corrected chi connectivity index (χ1v) is 7.50. The van der Waals surface area contributed by atoms with Crippen molar-refractivity contribution in [3.8, 4) is 0 Å². The van der Waals surface area contributed by atoms with Crippen LogP contribution >= 0.6 is 0 Å². The Bertz CT molecular complexity index is 703. The Balaban J connectivity index is 1.84. The molecular formula is C19H21NO. The molecule has 0 saturated heterocycles. The number of fused-ring (bicyclic) bond motifs is 1. The number of hydrogen-bond acceptors (Lipinski definition) is 2. The highest BCUT2D eigenvalue weighted by Crippen LogP contribution is 2.34. The van der Waals surface area contributed by atoms with Gasteiger partial charge in [0.25, 0.3) is 0 Å². The molecule has 0 saturated carbocycles. The van der Waals surface area contributed by atoms with Crippen molar-refractivity contribution in [2.75, 3.05) is 11.9 Å². The van der Waals surface area contributed by atoms with Crippen molar-refractivity contribution in [1.29, 1.82) is 0 Å². The van der Waals surface area contributed by atoms with Crippen molar-refractivity contribution in [3.05, 3.63) is 64.2 Å². The van der Waals surface area contributed by atoms with E-state index in [0.29, 0.717) is 6.42 Å². The molecule has 0 fully saturated rings. The third-order valence-electron chi connectivity index (χ3n) is 4.51. The van der Waals surface area contributed by atoms with Gasteiger partial charge in [0.2, 0.25) is 0 Å². The summed E-state index contributed by atoms with van der Waals surface area (Å²) in [6, 6.07) is 12.4. The lowest BCUT2D eigenvalue weighted by molar-refractivity contribution is 0.0975. The molecule has 2 aromatic rings. The van der Waals surface area contributed by atoms with Crippen LogP contribution in [0.5, 0.6) is 0 Å². The molecule has 2 aromatic carbocycles. The summed E-state index contributed by atoms with van der Waals surface area (Å²) in [4.78, 5) is 12.7. The molecule has 2 heteroatoms. The minimum absolute atomic E-state index is 0.249. The average Bonchev–Trinajstić information content (AvgIpc) is 2.86. The summed E-state index contributed by atoms with van der Waals surface area (Å²) in [7, 11) is 0. The largest absolute Gasteiger partial charge is 0.384 e. The highest BCUT2D eigenvalue weighted by molar-refractivity contribution is 5.98. The second-order valence-corrected chi connectivity index (χ2v) is 6.04. The van der Waals surface area contributed by atoms with Gasteiger partial charge in [0.1, 0.15) is 0 Å². The van der Waals surface area contributed by atoms with Gasteiger partial charge in [-0.2, -0.15) is 0 Å². The van der Waals surface area contributed by atoms with E-state index in [1.807, 2.05) is 25.1 Å². The number of Topliss-reactive ketones (excluding diaryl/α,β-unsaturated/α-hetero) is 1. The summed E-state index contributed by atoms with van der Waals surface area (Å²) in [6.45, 7) is 7.04. The molecule has 1 heterocycles. The molecule has 1 aliphatic heterocycles. The molecule has 0 radical (unpaired) electrons. The summed E-state index contributed by atoms with van der Waals surface area (Å²) in [6.07, 6.45) is 0.577. The lowest BCUT2D eigenvalue weighted by atomic mass is 9.90. The fraction of sp³-hybridized carbons (Fsp3) is 0.316. The van der Waals surface area contributed by atoms with Crippen LogP contribution in [0.2, 0.25) is 0 Å². The zero-order valence-electron chi connectivity index (χ0n) is 12.9. The molecule has 0 spiro atoms. The summed E-state index contributed by atoms with van der Waals surface area (Å²) in [5.41, 5.74) is 6.84. The van der Waals surface area contributed by atoms with Gasteiger partial charge >= 0.3 is 0 Å². The second kappa shape index (κ2) is 5.36. The Morgan fingerprint density at radius 1 is 1.10 bits per heavy atom. The van der Waals surface area contributed by atoms with E-state index in [-0.39, 0.29) is 11.7 Å². The van der Waals surface area contributed by atoms with E-state index < -0.39 is 0 Å². The predicted octanol–water partition coefficient (Wildman–Crippen LogP) is 4.39. The second-order valence-electron chi connectivity index (χ2n) is 6.04. The minimum Gasteiger partial charge on any atom is -0.384 e. The molecule has 1 atom stereocenters. The molecular weight excluding hydrogens is 258 g/mol. The SMILES string of the molecule is Cc1cc(C)c(C(=O)CC2CNc3ccccc32)cc1C. The number of hydrogen-bond donors (Lipinski definition) is 1. The van der Waals surface area contributed by atoms with E-state index in [1.54, 1.807) is 0 Å². The Hall–Kier alpha value is -2.09. The maximum Gasteiger partial charge on any atom is 0.163 e. The number of nitrogens with one attached hydrogen (secondary N) is 1. The highest BCUT2D eigenvalue weighted by atomic mass is 16.1. The minimum atomic E-state index is 0.249. The molecule has 1 aliphatic rings. The summed E-state index contributed by atoms with van der Waals surface area (Å²) < 4.78 is 0. The first-order chi connectivity index (χ1) is 10.1. The maximum absolute atomic E-state index is 12.7. The van der Waals surface area contributed by atoms with Crippen LogP contribution in [0, 0.1) is 20.8 Å². The molecule has 0 amide bonds. The van der Waals surface area contributed by atoms with Crippen molar-refractivity contribution in [3.63, 3.8) is 0 Å². The summed E-state index contributed by atoms with van der Waals surface area (Å²) >= 11 is 0. The van der Waals surface area contributed by atoms with Crippen LogP contribution in [0.4, 0.5) is 5.69 Å². The smallest absolute Gasteiger partial charge is 0.163 e. The van der Waals surface area contributed by atoms with E-state index >= 15 is 0 Å². The molecule has 108 valence electrons. The quantitative estimate of drug-likeness (QED) is 0.844. The van der Waals surface area contributed by atoms with Crippen LogP contribution < -0.4 is 5.32 Å². The number of rotatable bonds is 3. The topological polar surface area (TPSA) is 29.1 Å². The van der Waals surface area contributed by atoms with Crippen LogP contribution in [0.1, 0.15) is 45.0 Å². The first kappa shape index (κ1) is 13.9. The molecule has 3 rings (SSSR count). The van der Waals surface area contributed by atoms with Crippen molar-refractivity contribution in [2.24, 2.45) is 0 Å². The van der Waals surface area contributed by atoms with E-state index in [9.17, 15) is 4.79 Å². The number of anilines is 1. The number of para-hydroxylation sites is 1. The lowest BCUT2D eigenvalue weighted by Crippen LogP contribution is -2.11. The van der Waals surface area contributed by atoms with Crippen LogP contribution in [-0.4, -0.2) is 12.3 Å². The molecule has 21 heavy (non-hydrogen) atoms. The Morgan fingerprint density at radius 3 is 2.62 bits per heavy atom. The van der Waals surface area contributed by atoms with Crippen molar-refractivity contribution in [1.82, 2.24) is 0 Å². The van der Waals surface area contributed by atoms with Crippen LogP contribution in [0.15, 0.2) is 36.4 Å². The summed E-state index contributed by atoms with van der Waals surface area (Å²) in [5, 5.41) is 3.39. The zero-order chi connectivity index (χ0) is 15.0. The van der Waals surface area contributed by atoms with Crippen molar-refractivity contribution < 1.29 is 4.79 Å².